The van der Waals surface area contributed by atoms with Crippen LogP contribution in [0.1, 0.15) is 15.9 Å². The van der Waals surface area contributed by atoms with Gasteiger partial charge >= 0.3 is 5.97 Å². The number of aromatic carboxylic acids is 1. The summed E-state index contributed by atoms with van der Waals surface area (Å²) in [4.78, 5) is 22.8. The van der Waals surface area contributed by atoms with Crippen LogP contribution in [0.4, 0.5) is 10.1 Å². The van der Waals surface area contributed by atoms with E-state index in [1.807, 2.05) is 0 Å². The Kier molecular flexibility index (Phi) is 4.73. The Hall–Kier alpha value is -2.89. The summed E-state index contributed by atoms with van der Waals surface area (Å²) in [6.45, 7) is 1.35. The second-order valence-corrected chi connectivity index (χ2v) is 4.62. The van der Waals surface area contributed by atoms with Gasteiger partial charge in [-0.05, 0) is 36.8 Å². The Morgan fingerprint density at radius 3 is 2.68 bits per heavy atom. The molecule has 0 aliphatic rings. The average molecular weight is 303 g/mol. The molecule has 0 fully saturated rings. The van der Waals surface area contributed by atoms with E-state index in [4.69, 9.17) is 9.84 Å². The number of anilines is 1. The van der Waals surface area contributed by atoms with Gasteiger partial charge in [0.15, 0.2) is 18.2 Å². The number of para-hydroxylation sites is 1. The van der Waals surface area contributed by atoms with Crippen LogP contribution in [0.2, 0.25) is 0 Å². The quantitative estimate of drug-likeness (QED) is 0.890. The van der Waals surface area contributed by atoms with Gasteiger partial charge in [0.1, 0.15) is 0 Å². The lowest BCUT2D eigenvalue weighted by Crippen LogP contribution is -2.21. The third-order valence-corrected chi connectivity index (χ3v) is 2.88. The van der Waals surface area contributed by atoms with Gasteiger partial charge in [-0.2, -0.15) is 0 Å². The molecule has 0 saturated carbocycles. The third-order valence-electron chi connectivity index (χ3n) is 2.88. The number of carbonyl (C=O) groups is 2. The standard InChI is InChI=1S/C16H14FNO4/c1-10-6-7-12(17)14(8-10)22-9-15(19)18-13-5-3-2-4-11(13)16(20)21/h2-8H,9H2,1H3,(H,18,19)(H,20,21). The summed E-state index contributed by atoms with van der Waals surface area (Å²) >= 11 is 0. The van der Waals surface area contributed by atoms with Gasteiger partial charge in [-0.25, -0.2) is 9.18 Å². The van der Waals surface area contributed by atoms with Crippen LogP contribution in [0, 0.1) is 12.7 Å². The van der Waals surface area contributed by atoms with Gasteiger partial charge in [-0.3, -0.25) is 4.79 Å². The van der Waals surface area contributed by atoms with E-state index >= 15 is 0 Å². The summed E-state index contributed by atoms with van der Waals surface area (Å²) in [7, 11) is 0. The number of benzene rings is 2. The van der Waals surface area contributed by atoms with E-state index < -0.39 is 24.3 Å². The van der Waals surface area contributed by atoms with Crippen molar-refractivity contribution in [1.29, 1.82) is 0 Å². The van der Waals surface area contributed by atoms with Gasteiger partial charge in [-0.1, -0.05) is 18.2 Å². The van der Waals surface area contributed by atoms with Crippen molar-refractivity contribution in [3.05, 3.63) is 59.4 Å². The Morgan fingerprint density at radius 1 is 1.23 bits per heavy atom. The fraction of sp³-hybridized carbons (Fsp3) is 0.125. The summed E-state index contributed by atoms with van der Waals surface area (Å²) < 4.78 is 18.6. The zero-order valence-electron chi connectivity index (χ0n) is 11.8. The smallest absolute Gasteiger partial charge is 0.337 e. The molecule has 0 bridgehead atoms. The normalized spacial score (nSPS) is 10.1. The Balaban J connectivity index is 2.02. The van der Waals surface area contributed by atoms with Crippen molar-refractivity contribution in [3.8, 4) is 5.75 Å². The molecule has 5 nitrogen and oxygen atoms in total. The van der Waals surface area contributed by atoms with Gasteiger partial charge in [0, 0.05) is 0 Å². The van der Waals surface area contributed by atoms with Crippen molar-refractivity contribution >= 4 is 17.6 Å². The minimum Gasteiger partial charge on any atom is -0.481 e. The number of ether oxygens (including phenoxy) is 1. The molecule has 0 saturated heterocycles. The molecule has 0 aliphatic heterocycles. The number of carboxylic acid groups (broad SMARTS) is 1. The lowest BCUT2D eigenvalue weighted by molar-refractivity contribution is -0.118. The fourth-order valence-corrected chi connectivity index (χ4v) is 1.83. The van der Waals surface area contributed by atoms with Crippen molar-refractivity contribution in [1.82, 2.24) is 0 Å². The van der Waals surface area contributed by atoms with E-state index in [1.54, 1.807) is 25.1 Å². The highest BCUT2D eigenvalue weighted by molar-refractivity contribution is 6.00. The highest BCUT2D eigenvalue weighted by Gasteiger charge is 2.12. The number of carbonyl (C=O) groups excluding carboxylic acids is 1. The van der Waals surface area contributed by atoms with E-state index in [2.05, 4.69) is 5.32 Å². The van der Waals surface area contributed by atoms with E-state index in [-0.39, 0.29) is 17.0 Å². The maximum absolute atomic E-state index is 13.5. The second-order valence-electron chi connectivity index (χ2n) is 4.62. The van der Waals surface area contributed by atoms with Crippen molar-refractivity contribution in [2.24, 2.45) is 0 Å². The summed E-state index contributed by atoms with van der Waals surface area (Å²) in [5, 5.41) is 11.5. The predicted molar refractivity (Wildman–Crippen MR) is 78.7 cm³/mol. The number of hydrogen-bond acceptors (Lipinski definition) is 3. The topological polar surface area (TPSA) is 75.6 Å². The van der Waals surface area contributed by atoms with Crippen LogP contribution in [0.15, 0.2) is 42.5 Å². The first-order valence-electron chi connectivity index (χ1n) is 6.48. The lowest BCUT2D eigenvalue weighted by Gasteiger charge is -2.10. The van der Waals surface area contributed by atoms with E-state index in [1.165, 1.54) is 24.3 Å². The molecule has 114 valence electrons. The first kappa shape index (κ1) is 15.5. The molecule has 0 unspecified atom stereocenters. The van der Waals surface area contributed by atoms with Crippen molar-refractivity contribution in [3.63, 3.8) is 0 Å². The van der Waals surface area contributed by atoms with Crippen LogP contribution in [-0.4, -0.2) is 23.6 Å². The van der Waals surface area contributed by atoms with Crippen LogP contribution in [0.5, 0.6) is 5.75 Å². The summed E-state index contributed by atoms with van der Waals surface area (Å²) in [5.41, 5.74) is 0.930. The van der Waals surface area contributed by atoms with E-state index in [0.29, 0.717) is 0 Å². The van der Waals surface area contributed by atoms with Crippen molar-refractivity contribution in [2.75, 3.05) is 11.9 Å². The number of hydrogen-bond donors (Lipinski definition) is 2. The number of halogens is 1. The van der Waals surface area contributed by atoms with Gasteiger partial charge in [0.05, 0.1) is 11.3 Å². The monoisotopic (exact) mass is 303 g/mol. The maximum Gasteiger partial charge on any atom is 0.337 e. The molecular weight excluding hydrogens is 289 g/mol. The van der Waals surface area contributed by atoms with Gasteiger partial charge in [0.2, 0.25) is 0 Å². The largest absolute Gasteiger partial charge is 0.481 e. The molecule has 0 atom stereocenters. The van der Waals surface area contributed by atoms with Gasteiger partial charge in [0.25, 0.3) is 5.91 Å². The molecule has 0 radical (unpaired) electrons. The molecule has 1 amide bonds. The highest BCUT2D eigenvalue weighted by atomic mass is 19.1. The Bertz CT molecular complexity index is 715. The molecule has 2 rings (SSSR count). The molecule has 22 heavy (non-hydrogen) atoms. The highest BCUT2D eigenvalue weighted by Crippen LogP contribution is 2.19. The van der Waals surface area contributed by atoms with Gasteiger partial charge in [-0.15, -0.1) is 0 Å². The van der Waals surface area contributed by atoms with Crippen LogP contribution in [0.25, 0.3) is 0 Å². The predicted octanol–water partition coefficient (Wildman–Crippen LogP) is 2.85. The maximum atomic E-state index is 13.5. The lowest BCUT2D eigenvalue weighted by atomic mass is 10.2. The second kappa shape index (κ2) is 6.71. The number of carboxylic acids is 1. The molecule has 2 aromatic rings. The Labute approximate surface area is 126 Å². The first-order valence-corrected chi connectivity index (χ1v) is 6.48. The van der Waals surface area contributed by atoms with E-state index in [9.17, 15) is 14.0 Å². The minimum absolute atomic E-state index is 0.0262. The zero-order chi connectivity index (χ0) is 16.1. The summed E-state index contributed by atoms with van der Waals surface area (Å²) in [6.07, 6.45) is 0. The molecule has 2 N–H and O–H groups in total. The van der Waals surface area contributed by atoms with Crippen LogP contribution >= 0.6 is 0 Å². The SMILES string of the molecule is Cc1ccc(F)c(OCC(=O)Nc2ccccc2C(=O)O)c1. The number of aryl methyl sites for hydroxylation is 1. The molecular formula is C16H14FNO4. The number of rotatable bonds is 5. The summed E-state index contributed by atoms with van der Waals surface area (Å²) in [5.74, 6) is -2.32. The average Bonchev–Trinajstić information content (AvgIpc) is 2.48. The van der Waals surface area contributed by atoms with Crippen molar-refractivity contribution in [2.45, 2.75) is 6.92 Å². The molecule has 0 spiro atoms. The summed E-state index contributed by atoms with van der Waals surface area (Å²) in [6, 6.07) is 10.3. The molecule has 0 aromatic heterocycles. The minimum atomic E-state index is -1.15. The zero-order valence-corrected chi connectivity index (χ0v) is 11.8. The fourth-order valence-electron chi connectivity index (χ4n) is 1.83. The molecule has 0 heterocycles. The Morgan fingerprint density at radius 2 is 1.95 bits per heavy atom. The number of nitrogens with one attached hydrogen (secondary N) is 1. The van der Waals surface area contributed by atoms with E-state index in [0.717, 1.165) is 5.56 Å². The van der Waals surface area contributed by atoms with Crippen molar-refractivity contribution < 1.29 is 23.8 Å². The molecule has 6 heteroatoms. The third kappa shape index (κ3) is 3.82. The number of amides is 1. The van der Waals surface area contributed by atoms with Crippen LogP contribution < -0.4 is 10.1 Å². The molecule has 2 aromatic carbocycles. The molecule has 0 aliphatic carbocycles. The first-order chi connectivity index (χ1) is 10.5. The van der Waals surface area contributed by atoms with Crippen LogP contribution in [0.3, 0.4) is 0 Å². The van der Waals surface area contributed by atoms with Gasteiger partial charge < -0.3 is 15.2 Å². The van der Waals surface area contributed by atoms with Crippen LogP contribution in [-0.2, 0) is 4.79 Å².